The Bertz CT molecular complexity index is 665. The van der Waals surface area contributed by atoms with E-state index in [1.54, 1.807) is 0 Å². The van der Waals surface area contributed by atoms with Gasteiger partial charge in [0.1, 0.15) is 6.29 Å². The van der Waals surface area contributed by atoms with Crippen molar-refractivity contribution in [1.82, 2.24) is 0 Å². The van der Waals surface area contributed by atoms with Gasteiger partial charge in [-0.3, -0.25) is 0 Å². The number of hydrogen-bond acceptors (Lipinski definition) is 1. The maximum atomic E-state index is 12.2. The van der Waals surface area contributed by atoms with Gasteiger partial charge in [-0.1, -0.05) is 47.5 Å². The molecule has 1 heteroatoms. The fourth-order valence-electron chi connectivity index (χ4n) is 10.9. The molecular formula is C27H44O. The highest BCUT2D eigenvalue weighted by Crippen LogP contribution is 2.76. The summed E-state index contributed by atoms with van der Waals surface area (Å²) >= 11 is 0. The maximum Gasteiger partial charge on any atom is 0.126 e. The molecule has 0 aliphatic heterocycles. The van der Waals surface area contributed by atoms with Crippen molar-refractivity contribution in [3.63, 3.8) is 0 Å². The highest BCUT2D eigenvalue weighted by Gasteiger charge is 2.69. The topological polar surface area (TPSA) is 17.1 Å². The zero-order valence-corrected chi connectivity index (χ0v) is 19.3. The van der Waals surface area contributed by atoms with Crippen molar-refractivity contribution in [1.29, 1.82) is 0 Å². The van der Waals surface area contributed by atoms with Gasteiger partial charge in [0.15, 0.2) is 0 Å². The predicted molar refractivity (Wildman–Crippen MR) is 116 cm³/mol. The van der Waals surface area contributed by atoms with Crippen LogP contribution in [0.3, 0.4) is 0 Å². The van der Waals surface area contributed by atoms with Crippen LogP contribution in [-0.4, -0.2) is 6.29 Å². The van der Waals surface area contributed by atoms with Crippen LogP contribution in [0, 0.1) is 50.7 Å². The van der Waals surface area contributed by atoms with Crippen LogP contribution >= 0.6 is 0 Å². The van der Waals surface area contributed by atoms with E-state index in [9.17, 15) is 4.79 Å². The molecule has 5 rings (SSSR count). The van der Waals surface area contributed by atoms with E-state index in [1.165, 1.54) is 83.3 Å². The molecule has 0 aromatic heterocycles. The summed E-state index contributed by atoms with van der Waals surface area (Å²) in [5, 5.41) is 0. The van der Waals surface area contributed by atoms with Crippen molar-refractivity contribution in [2.24, 2.45) is 50.7 Å². The normalized spacial score (nSPS) is 57.5. The number of rotatable bonds is 1. The van der Waals surface area contributed by atoms with Crippen molar-refractivity contribution in [3.8, 4) is 0 Å². The summed E-state index contributed by atoms with van der Waals surface area (Å²) in [7, 11) is 0. The van der Waals surface area contributed by atoms with Gasteiger partial charge < -0.3 is 4.79 Å². The van der Waals surface area contributed by atoms with Gasteiger partial charge in [-0.2, -0.15) is 0 Å². The van der Waals surface area contributed by atoms with Crippen LogP contribution in [-0.2, 0) is 4.79 Å². The molecule has 0 aromatic rings. The van der Waals surface area contributed by atoms with E-state index in [0.717, 1.165) is 17.8 Å². The number of aldehydes is 1. The first-order valence-electron chi connectivity index (χ1n) is 12.6. The molecule has 28 heavy (non-hydrogen) atoms. The first-order valence-corrected chi connectivity index (χ1v) is 12.6. The summed E-state index contributed by atoms with van der Waals surface area (Å²) in [5.74, 6) is 3.29. The third-order valence-electron chi connectivity index (χ3n) is 12.4. The van der Waals surface area contributed by atoms with Crippen LogP contribution in [0.25, 0.3) is 0 Å². The summed E-state index contributed by atoms with van der Waals surface area (Å²) in [5.41, 5.74) is 2.05. The second-order valence-electron chi connectivity index (χ2n) is 13.4. The molecule has 0 bridgehead atoms. The van der Waals surface area contributed by atoms with E-state index in [0.29, 0.717) is 27.6 Å². The van der Waals surface area contributed by atoms with Crippen molar-refractivity contribution < 1.29 is 4.79 Å². The molecule has 5 fully saturated rings. The molecule has 5 aliphatic carbocycles. The van der Waals surface area contributed by atoms with Gasteiger partial charge in [-0.15, -0.1) is 0 Å². The largest absolute Gasteiger partial charge is 0.303 e. The van der Waals surface area contributed by atoms with E-state index < -0.39 is 0 Å². The average molecular weight is 385 g/mol. The van der Waals surface area contributed by atoms with Gasteiger partial charge in [0.2, 0.25) is 0 Å². The fraction of sp³-hybridized carbons (Fsp3) is 0.963. The third kappa shape index (κ3) is 2.18. The Morgan fingerprint density at radius 1 is 0.643 bits per heavy atom. The molecule has 0 saturated heterocycles. The summed E-state index contributed by atoms with van der Waals surface area (Å²) in [6.45, 7) is 13.3. The summed E-state index contributed by atoms with van der Waals surface area (Å²) in [4.78, 5) is 12.2. The molecule has 158 valence electrons. The molecule has 0 N–H and O–H groups in total. The van der Waals surface area contributed by atoms with Crippen LogP contribution in [0.1, 0.15) is 112 Å². The average Bonchev–Trinajstić information content (AvgIpc) is 3.06. The molecule has 0 spiro atoms. The van der Waals surface area contributed by atoms with E-state index in [1.807, 2.05) is 0 Å². The van der Waals surface area contributed by atoms with E-state index in [4.69, 9.17) is 0 Å². The summed E-state index contributed by atoms with van der Waals surface area (Å²) < 4.78 is 0. The minimum absolute atomic E-state index is 0.0569. The van der Waals surface area contributed by atoms with E-state index in [2.05, 4.69) is 34.6 Å². The second-order valence-corrected chi connectivity index (χ2v) is 13.4. The minimum Gasteiger partial charge on any atom is -0.303 e. The Labute approximate surface area is 173 Å². The molecule has 0 radical (unpaired) electrons. The van der Waals surface area contributed by atoms with Crippen molar-refractivity contribution in [2.45, 2.75) is 112 Å². The first kappa shape index (κ1) is 19.6. The zero-order valence-electron chi connectivity index (χ0n) is 19.3. The zero-order chi connectivity index (χ0) is 20.0. The number of carbonyl (C=O) groups is 1. The Morgan fingerprint density at radius 3 is 2.18 bits per heavy atom. The Morgan fingerprint density at radius 2 is 1.43 bits per heavy atom. The maximum absolute atomic E-state index is 12.2. The van der Waals surface area contributed by atoms with Gasteiger partial charge >= 0.3 is 0 Å². The molecule has 5 aliphatic rings. The van der Waals surface area contributed by atoms with E-state index in [-0.39, 0.29) is 5.41 Å². The minimum atomic E-state index is 0.0569. The van der Waals surface area contributed by atoms with Crippen molar-refractivity contribution in [3.05, 3.63) is 0 Å². The second kappa shape index (κ2) is 5.88. The van der Waals surface area contributed by atoms with Gasteiger partial charge in [-0.05, 0) is 110 Å². The Hall–Kier alpha value is -0.330. The molecule has 0 amide bonds. The molecule has 8 atom stereocenters. The number of hydrogen-bond donors (Lipinski definition) is 0. The molecule has 1 nitrogen and oxygen atoms in total. The lowest BCUT2D eigenvalue weighted by Gasteiger charge is -2.72. The number of fused-ring (bicyclic) bond motifs is 7. The lowest BCUT2D eigenvalue weighted by Crippen LogP contribution is -2.65. The highest BCUT2D eigenvalue weighted by molar-refractivity contribution is 5.61. The molecule has 0 heterocycles. The molecule has 0 aromatic carbocycles. The van der Waals surface area contributed by atoms with Crippen LogP contribution in [0.5, 0.6) is 0 Å². The summed E-state index contributed by atoms with van der Waals surface area (Å²) in [6.07, 6.45) is 17.8. The van der Waals surface area contributed by atoms with Crippen LogP contribution in [0.2, 0.25) is 0 Å². The molecule has 5 saturated carbocycles. The quantitative estimate of drug-likeness (QED) is 0.429. The number of carbonyl (C=O) groups excluding carboxylic acids is 1. The predicted octanol–water partition coefficient (Wildman–Crippen LogP) is 7.43. The molecule has 7 unspecified atom stereocenters. The lowest BCUT2D eigenvalue weighted by molar-refractivity contribution is -0.231. The lowest BCUT2D eigenvalue weighted by atomic mass is 9.33. The van der Waals surface area contributed by atoms with Crippen molar-refractivity contribution in [2.75, 3.05) is 0 Å². The Kier molecular flexibility index (Phi) is 4.12. The van der Waals surface area contributed by atoms with Gasteiger partial charge in [0, 0.05) is 5.41 Å². The smallest absolute Gasteiger partial charge is 0.126 e. The van der Waals surface area contributed by atoms with Gasteiger partial charge in [0.05, 0.1) is 0 Å². The van der Waals surface area contributed by atoms with Crippen LogP contribution < -0.4 is 0 Å². The van der Waals surface area contributed by atoms with Crippen LogP contribution in [0.4, 0.5) is 0 Å². The highest BCUT2D eigenvalue weighted by atomic mass is 16.1. The first-order chi connectivity index (χ1) is 13.1. The SMILES string of the molecule is CC1(C)CCCC2(C)C1CCC1(C)C2CCC2C3CCCC3(C=O)CC[C@]21C. The van der Waals surface area contributed by atoms with Crippen LogP contribution in [0.15, 0.2) is 0 Å². The van der Waals surface area contributed by atoms with Crippen molar-refractivity contribution >= 4 is 6.29 Å². The fourth-order valence-corrected chi connectivity index (χ4v) is 10.9. The molecular weight excluding hydrogens is 340 g/mol. The van der Waals surface area contributed by atoms with Gasteiger partial charge in [-0.25, -0.2) is 0 Å². The third-order valence-corrected chi connectivity index (χ3v) is 12.4. The Balaban J connectivity index is 1.54. The summed E-state index contributed by atoms with van der Waals surface area (Å²) in [6, 6.07) is 0. The van der Waals surface area contributed by atoms with Gasteiger partial charge in [0.25, 0.3) is 0 Å². The van der Waals surface area contributed by atoms with E-state index >= 15 is 0 Å². The standard InChI is InChI=1S/C27H44O/c1-23(2)12-7-13-24(3)21(23)11-15-26(5)22(24)10-9-19-20-8-6-14-27(20,18-28)17-16-25(19,26)4/h18-22H,6-17H2,1-5H3/t19?,20?,21?,22?,24?,25-,26?,27?/m1/s1. The monoisotopic (exact) mass is 384 g/mol.